The third-order valence-electron chi connectivity index (χ3n) is 3.18. The summed E-state index contributed by atoms with van der Waals surface area (Å²) in [5.74, 6) is 0. The van der Waals surface area contributed by atoms with Gasteiger partial charge in [0.1, 0.15) is 0 Å². The average molecular weight is 264 g/mol. The van der Waals surface area contributed by atoms with E-state index in [1.165, 1.54) is 0 Å². The fraction of sp³-hybridized carbons (Fsp3) is 0. The van der Waals surface area contributed by atoms with Gasteiger partial charge in [-0.3, -0.25) is 4.79 Å². The summed E-state index contributed by atoms with van der Waals surface area (Å²) in [4.78, 5) is 12.6. The molecule has 1 aromatic heterocycles. The van der Waals surface area contributed by atoms with Gasteiger partial charge >= 0.3 is 0 Å². The van der Waals surface area contributed by atoms with Crippen LogP contribution in [0.1, 0.15) is 11.1 Å². The molecule has 0 saturated carbocycles. The van der Waals surface area contributed by atoms with E-state index in [4.69, 9.17) is 0 Å². The van der Waals surface area contributed by atoms with Crippen molar-refractivity contribution in [1.82, 2.24) is 0 Å². The summed E-state index contributed by atoms with van der Waals surface area (Å²) in [5, 5.41) is 1.52. The molecule has 92 valence electrons. The maximum Gasteiger partial charge on any atom is 0.195 e. The Morgan fingerprint density at radius 2 is 1.79 bits per heavy atom. The molecule has 19 heavy (non-hydrogen) atoms. The highest BCUT2D eigenvalue weighted by Gasteiger charge is 2.08. The minimum atomic E-state index is 0.0798. The minimum Gasteiger partial charge on any atom is -0.289 e. The summed E-state index contributed by atoms with van der Waals surface area (Å²) in [6.07, 6.45) is 3.55. The number of hydrogen-bond acceptors (Lipinski definition) is 2. The summed E-state index contributed by atoms with van der Waals surface area (Å²) in [5.41, 5.74) is 2.01. The lowest BCUT2D eigenvalue weighted by atomic mass is 10.1. The normalized spacial score (nSPS) is 10.7. The number of hydrogen-bond donors (Lipinski definition) is 0. The molecular weight excluding hydrogens is 252 g/mol. The van der Waals surface area contributed by atoms with Gasteiger partial charge < -0.3 is 0 Å². The molecule has 2 heteroatoms. The molecule has 1 heterocycles. The van der Waals surface area contributed by atoms with Crippen molar-refractivity contribution in [3.8, 4) is 0 Å². The number of rotatable bonds is 2. The first kappa shape index (κ1) is 11.9. The van der Waals surface area contributed by atoms with Crippen LogP contribution in [-0.4, -0.2) is 0 Å². The van der Waals surface area contributed by atoms with Gasteiger partial charge in [-0.2, -0.15) is 0 Å². The quantitative estimate of drug-likeness (QED) is 0.613. The molecule has 3 aromatic rings. The van der Waals surface area contributed by atoms with E-state index in [1.54, 1.807) is 23.5 Å². The number of fused-ring (bicyclic) bond motifs is 2. The Labute approximate surface area is 115 Å². The fourth-order valence-corrected chi connectivity index (χ4v) is 3.38. The smallest absolute Gasteiger partial charge is 0.195 e. The van der Waals surface area contributed by atoms with Gasteiger partial charge in [0.05, 0.1) is 0 Å². The summed E-state index contributed by atoms with van der Waals surface area (Å²) >= 11 is 1.63. The van der Waals surface area contributed by atoms with Crippen molar-refractivity contribution in [3.05, 3.63) is 70.9 Å². The van der Waals surface area contributed by atoms with Crippen molar-refractivity contribution >= 4 is 43.7 Å². The van der Waals surface area contributed by atoms with Gasteiger partial charge in [0.15, 0.2) is 5.43 Å². The first-order valence-corrected chi connectivity index (χ1v) is 6.80. The number of benzene rings is 2. The molecule has 0 aliphatic carbocycles. The van der Waals surface area contributed by atoms with Crippen molar-refractivity contribution < 1.29 is 0 Å². The molecule has 2 aromatic carbocycles. The highest BCUT2D eigenvalue weighted by molar-refractivity contribution is 7.24. The Hall–Kier alpha value is -2.19. The van der Waals surface area contributed by atoms with Gasteiger partial charge in [-0.25, -0.2) is 0 Å². The summed E-state index contributed by atoms with van der Waals surface area (Å²) in [7, 11) is 0. The fourth-order valence-electron chi connectivity index (χ4n) is 2.22. The summed E-state index contributed by atoms with van der Waals surface area (Å²) < 4.78 is 2.00. The molecule has 0 unspecified atom stereocenters. The Morgan fingerprint density at radius 1 is 1.00 bits per heavy atom. The van der Waals surface area contributed by atoms with Crippen molar-refractivity contribution in [2.45, 2.75) is 0 Å². The second-order valence-electron chi connectivity index (χ2n) is 4.32. The van der Waals surface area contributed by atoms with Gasteiger partial charge in [0, 0.05) is 20.2 Å². The van der Waals surface area contributed by atoms with E-state index in [2.05, 4.69) is 13.2 Å². The Kier molecular flexibility index (Phi) is 2.80. The lowest BCUT2D eigenvalue weighted by Crippen LogP contribution is -2.01. The van der Waals surface area contributed by atoms with Crippen LogP contribution in [0.4, 0.5) is 0 Å². The standard InChI is InChI=1S/C17H12OS/c1-3-11-9-12(4-2)17-14(10-11)16(18)13-7-5-6-8-15(13)19-17/h3-10H,1-2H2. The second kappa shape index (κ2) is 4.48. The third kappa shape index (κ3) is 1.81. The highest BCUT2D eigenvalue weighted by atomic mass is 32.1. The van der Waals surface area contributed by atoms with Crippen LogP contribution in [0.2, 0.25) is 0 Å². The van der Waals surface area contributed by atoms with E-state index >= 15 is 0 Å². The molecule has 0 radical (unpaired) electrons. The lowest BCUT2D eigenvalue weighted by Gasteiger charge is -2.05. The molecule has 0 N–H and O–H groups in total. The zero-order valence-electron chi connectivity index (χ0n) is 10.3. The predicted molar refractivity (Wildman–Crippen MR) is 85.8 cm³/mol. The third-order valence-corrected chi connectivity index (χ3v) is 4.42. The topological polar surface area (TPSA) is 17.1 Å². The Bertz CT molecular complexity index is 871. The van der Waals surface area contributed by atoms with Crippen LogP contribution in [0, 0.1) is 0 Å². The van der Waals surface area contributed by atoms with Crippen molar-refractivity contribution in [3.63, 3.8) is 0 Å². The van der Waals surface area contributed by atoms with Crippen LogP contribution in [0.3, 0.4) is 0 Å². The first-order valence-electron chi connectivity index (χ1n) is 5.99. The largest absolute Gasteiger partial charge is 0.289 e. The van der Waals surface area contributed by atoms with E-state index in [-0.39, 0.29) is 5.43 Å². The molecule has 0 saturated heterocycles. The van der Waals surface area contributed by atoms with E-state index in [9.17, 15) is 4.79 Å². The molecule has 0 spiro atoms. The first-order chi connectivity index (χ1) is 9.24. The zero-order valence-corrected chi connectivity index (χ0v) is 11.2. The lowest BCUT2D eigenvalue weighted by molar-refractivity contribution is 1.69. The van der Waals surface area contributed by atoms with Gasteiger partial charge in [-0.05, 0) is 35.4 Å². The molecule has 1 nitrogen and oxygen atoms in total. The van der Waals surface area contributed by atoms with Crippen molar-refractivity contribution in [2.75, 3.05) is 0 Å². The summed E-state index contributed by atoms with van der Waals surface area (Å²) in [6, 6.07) is 11.6. The van der Waals surface area contributed by atoms with Crippen molar-refractivity contribution in [1.29, 1.82) is 0 Å². The SMILES string of the molecule is C=Cc1cc(C=C)c2sc3ccccc3c(=O)c2c1. The van der Waals surface area contributed by atoms with Crippen LogP contribution >= 0.6 is 11.3 Å². The molecule has 0 bridgehead atoms. The summed E-state index contributed by atoms with van der Waals surface area (Å²) in [6.45, 7) is 7.61. The monoisotopic (exact) mass is 264 g/mol. The maximum absolute atomic E-state index is 12.6. The van der Waals surface area contributed by atoms with Crippen LogP contribution < -0.4 is 5.43 Å². The molecule has 0 aliphatic rings. The second-order valence-corrected chi connectivity index (χ2v) is 5.37. The molecular formula is C17H12OS. The Morgan fingerprint density at radius 3 is 2.53 bits per heavy atom. The van der Waals surface area contributed by atoms with Crippen LogP contribution in [0.15, 0.2) is 54.4 Å². The van der Waals surface area contributed by atoms with E-state index in [1.807, 2.05) is 36.4 Å². The Balaban J connectivity index is 2.61. The molecule has 0 aliphatic heterocycles. The maximum atomic E-state index is 12.6. The van der Waals surface area contributed by atoms with Crippen LogP contribution in [0.5, 0.6) is 0 Å². The highest BCUT2D eigenvalue weighted by Crippen LogP contribution is 2.29. The van der Waals surface area contributed by atoms with E-state index in [0.717, 1.165) is 31.3 Å². The predicted octanol–water partition coefficient (Wildman–Crippen LogP) is 4.70. The van der Waals surface area contributed by atoms with Crippen LogP contribution in [0.25, 0.3) is 32.3 Å². The van der Waals surface area contributed by atoms with Crippen LogP contribution in [-0.2, 0) is 0 Å². The van der Waals surface area contributed by atoms with Gasteiger partial charge in [0.2, 0.25) is 0 Å². The molecule has 0 fully saturated rings. The van der Waals surface area contributed by atoms with Gasteiger partial charge in [0.25, 0.3) is 0 Å². The van der Waals surface area contributed by atoms with Crippen molar-refractivity contribution in [2.24, 2.45) is 0 Å². The molecule has 0 amide bonds. The van der Waals surface area contributed by atoms with E-state index < -0.39 is 0 Å². The molecule has 0 atom stereocenters. The zero-order chi connectivity index (χ0) is 13.4. The average Bonchev–Trinajstić information content (AvgIpc) is 2.47. The van der Waals surface area contributed by atoms with Gasteiger partial charge in [-0.15, -0.1) is 11.3 Å². The van der Waals surface area contributed by atoms with Gasteiger partial charge in [-0.1, -0.05) is 37.4 Å². The molecule has 3 rings (SSSR count). The van der Waals surface area contributed by atoms with E-state index in [0.29, 0.717) is 0 Å². The minimum absolute atomic E-state index is 0.0798.